The van der Waals surface area contributed by atoms with Gasteiger partial charge in [0.25, 0.3) is 0 Å². The average molecular weight is 691 g/mol. The van der Waals surface area contributed by atoms with Gasteiger partial charge in [0.2, 0.25) is 0 Å². The molecular formula is C47H94O2. The van der Waals surface area contributed by atoms with E-state index in [0.29, 0.717) is 13.0 Å². The van der Waals surface area contributed by atoms with Gasteiger partial charge in [0, 0.05) is 6.42 Å². The molecule has 0 aliphatic carbocycles. The minimum Gasteiger partial charge on any atom is -0.466 e. The lowest BCUT2D eigenvalue weighted by molar-refractivity contribution is -0.143. The van der Waals surface area contributed by atoms with E-state index in [1.807, 2.05) is 0 Å². The van der Waals surface area contributed by atoms with Gasteiger partial charge < -0.3 is 4.74 Å². The second-order valence-electron chi connectivity index (χ2n) is 16.1. The summed E-state index contributed by atoms with van der Waals surface area (Å²) in [5, 5.41) is 0. The molecule has 0 amide bonds. The lowest BCUT2D eigenvalue weighted by Crippen LogP contribution is -2.05. The van der Waals surface area contributed by atoms with Crippen LogP contribution >= 0.6 is 0 Å². The van der Waals surface area contributed by atoms with Crippen molar-refractivity contribution in [2.75, 3.05) is 6.61 Å². The molecule has 0 spiro atoms. The van der Waals surface area contributed by atoms with Crippen molar-refractivity contribution < 1.29 is 9.53 Å². The van der Waals surface area contributed by atoms with Crippen molar-refractivity contribution in [3.05, 3.63) is 0 Å². The summed E-state index contributed by atoms with van der Waals surface area (Å²) in [7, 11) is 0. The van der Waals surface area contributed by atoms with Crippen molar-refractivity contribution in [2.24, 2.45) is 0 Å². The Hall–Kier alpha value is -0.530. The summed E-state index contributed by atoms with van der Waals surface area (Å²) in [6, 6.07) is 0. The highest BCUT2D eigenvalue weighted by atomic mass is 16.5. The van der Waals surface area contributed by atoms with Gasteiger partial charge in [-0.15, -0.1) is 0 Å². The van der Waals surface area contributed by atoms with E-state index in [0.717, 1.165) is 12.8 Å². The Morgan fingerprint density at radius 1 is 0.265 bits per heavy atom. The highest BCUT2D eigenvalue weighted by Crippen LogP contribution is 2.17. The smallest absolute Gasteiger partial charge is 0.305 e. The summed E-state index contributed by atoms with van der Waals surface area (Å²) < 4.78 is 5.44. The van der Waals surface area contributed by atoms with Crippen LogP contribution in [0.15, 0.2) is 0 Å². The molecular weight excluding hydrogens is 597 g/mol. The molecule has 2 heteroatoms. The Kier molecular flexibility index (Phi) is 45.0. The lowest BCUT2D eigenvalue weighted by Gasteiger charge is -2.06. The molecule has 0 aromatic carbocycles. The predicted octanol–water partition coefficient (Wildman–Crippen LogP) is 17.3. The third-order valence-corrected chi connectivity index (χ3v) is 11.0. The van der Waals surface area contributed by atoms with Crippen molar-refractivity contribution >= 4 is 5.97 Å². The van der Waals surface area contributed by atoms with Gasteiger partial charge in [0.05, 0.1) is 6.61 Å². The number of hydrogen-bond acceptors (Lipinski definition) is 2. The van der Waals surface area contributed by atoms with Crippen LogP contribution in [0.25, 0.3) is 0 Å². The van der Waals surface area contributed by atoms with Crippen LogP contribution in [-0.2, 0) is 9.53 Å². The van der Waals surface area contributed by atoms with Gasteiger partial charge in [-0.25, -0.2) is 0 Å². The fourth-order valence-corrected chi connectivity index (χ4v) is 7.49. The number of carbonyl (C=O) groups excluding carboxylic acids is 1. The molecule has 0 atom stereocenters. The maximum atomic E-state index is 11.9. The predicted molar refractivity (Wildman–Crippen MR) is 221 cm³/mol. The standard InChI is InChI=1S/C47H94O2/c1-3-5-7-9-11-13-14-15-16-17-18-19-20-21-22-23-24-25-26-27-28-29-30-31-32-33-34-35-36-38-40-42-44-46-49-47(48)45-43-41-39-37-12-10-8-6-4-2/h3-46H2,1-2H3. The Labute approximate surface area is 311 Å². The number of rotatable bonds is 44. The fraction of sp³-hybridized carbons (Fsp3) is 0.979. The first-order valence-corrected chi connectivity index (χ1v) is 23.5. The van der Waals surface area contributed by atoms with E-state index in [1.165, 1.54) is 257 Å². The molecule has 0 fully saturated rings. The molecule has 0 aliphatic heterocycles. The van der Waals surface area contributed by atoms with Crippen LogP contribution in [0.4, 0.5) is 0 Å². The van der Waals surface area contributed by atoms with Crippen LogP contribution in [0.2, 0.25) is 0 Å². The zero-order valence-electron chi connectivity index (χ0n) is 34.4. The quantitative estimate of drug-likeness (QED) is 0.0470. The Balaban J connectivity index is 3.10. The lowest BCUT2D eigenvalue weighted by atomic mass is 10.0. The monoisotopic (exact) mass is 691 g/mol. The van der Waals surface area contributed by atoms with E-state index < -0.39 is 0 Å². The molecule has 294 valence electrons. The molecule has 0 bridgehead atoms. The molecule has 0 saturated heterocycles. The number of unbranched alkanes of at least 4 members (excludes halogenated alkanes) is 40. The van der Waals surface area contributed by atoms with Crippen LogP contribution < -0.4 is 0 Å². The van der Waals surface area contributed by atoms with Crippen molar-refractivity contribution in [1.29, 1.82) is 0 Å². The summed E-state index contributed by atoms with van der Waals surface area (Å²) in [5.74, 6) is 0.0267. The molecule has 2 nitrogen and oxygen atoms in total. The van der Waals surface area contributed by atoms with E-state index >= 15 is 0 Å². The second-order valence-corrected chi connectivity index (χ2v) is 16.1. The minimum atomic E-state index is 0.0267. The number of ether oxygens (including phenoxy) is 1. The molecule has 0 aromatic rings. The van der Waals surface area contributed by atoms with Crippen molar-refractivity contribution in [3.63, 3.8) is 0 Å². The molecule has 0 aliphatic rings. The van der Waals surface area contributed by atoms with Crippen LogP contribution in [0.5, 0.6) is 0 Å². The molecule has 49 heavy (non-hydrogen) atoms. The van der Waals surface area contributed by atoms with Crippen molar-refractivity contribution in [2.45, 2.75) is 290 Å². The summed E-state index contributed by atoms with van der Waals surface area (Å²) in [5.41, 5.74) is 0. The fourth-order valence-electron chi connectivity index (χ4n) is 7.49. The summed E-state index contributed by atoms with van der Waals surface area (Å²) in [6.45, 7) is 5.21. The van der Waals surface area contributed by atoms with Gasteiger partial charge in [-0.05, 0) is 12.8 Å². The third kappa shape index (κ3) is 45.4. The van der Waals surface area contributed by atoms with E-state index in [4.69, 9.17) is 4.74 Å². The topological polar surface area (TPSA) is 26.3 Å². The Morgan fingerprint density at radius 2 is 0.449 bits per heavy atom. The normalized spacial score (nSPS) is 11.5. The minimum absolute atomic E-state index is 0.0267. The first kappa shape index (κ1) is 48.5. The molecule has 0 rings (SSSR count). The number of hydrogen-bond donors (Lipinski definition) is 0. The SMILES string of the molecule is CCCCCCCCCCCCCCCCCCCCCCCCCCCCCCCCCCCOC(=O)CCCCCCCCCCC. The molecule has 0 radical (unpaired) electrons. The Morgan fingerprint density at radius 3 is 0.673 bits per heavy atom. The van der Waals surface area contributed by atoms with Gasteiger partial charge >= 0.3 is 5.97 Å². The van der Waals surface area contributed by atoms with Gasteiger partial charge in [0.15, 0.2) is 0 Å². The molecule has 0 aromatic heterocycles. The van der Waals surface area contributed by atoms with E-state index in [-0.39, 0.29) is 5.97 Å². The van der Waals surface area contributed by atoms with Crippen molar-refractivity contribution in [3.8, 4) is 0 Å². The van der Waals surface area contributed by atoms with Crippen molar-refractivity contribution in [1.82, 2.24) is 0 Å². The van der Waals surface area contributed by atoms with Crippen LogP contribution in [0, 0.1) is 0 Å². The largest absolute Gasteiger partial charge is 0.466 e. The van der Waals surface area contributed by atoms with Gasteiger partial charge in [0.1, 0.15) is 0 Å². The maximum absolute atomic E-state index is 11.9. The van der Waals surface area contributed by atoms with Gasteiger partial charge in [-0.3, -0.25) is 4.79 Å². The zero-order valence-corrected chi connectivity index (χ0v) is 34.4. The first-order valence-electron chi connectivity index (χ1n) is 23.5. The van der Waals surface area contributed by atoms with Crippen LogP contribution in [0.1, 0.15) is 290 Å². The maximum Gasteiger partial charge on any atom is 0.305 e. The highest BCUT2D eigenvalue weighted by Gasteiger charge is 2.03. The summed E-state index contributed by atoms with van der Waals surface area (Å²) in [6.07, 6.45) is 59.6. The van der Waals surface area contributed by atoms with Crippen LogP contribution in [0.3, 0.4) is 0 Å². The molecule has 0 heterocycles. The average Bonchev–Trinajstić information content (AvgIpc) is 3.11. The van der Waals surface area contributed by atoms with Crippen LogP contribution in [-0.4, -0.2) is 12.6 Å². The summed E-state index contributed by atoms with van der Waals surface area (Å²) >= 11 is 0. The van der Waals surface area contributed by atoms with E-state index in [2.05, 4.69) is 13.8 Å². The van der Waals surface area contributed by atoms with E-state index in [9.17, 15) is 4.79 Å². The van der Waals surface area contributed by atoms with E-state index in [1.54, 1.807) is 0 Å². The van der Waals surface area contributed by atoms with Gasteiger partial charge in [-0.2, -0.15) is 0 Å². The molecule has 0 unspecified atom stereocenters. The number of carbonyl (C=O) groups is 1. The molecule has 0 saturated carbocycles. The zero-order chi connectivity index (χ0) is 35.4. The summed E-state index contributed by atoms with van der Waals surface area (Å²) in [4.78, 5) is 11.9. The molecule has 0 N–H and O–H groups in total. The highest BCUT2D eigenvalue weighted by molar-refractivity contribution is 5.69. The second kappa shape index (κ2) is 45.5. The first-order chi connectivity index (χ1) is 24.3. The Bertz CT molecular complexity index is 587. The van der Waals surface area contributed by atoms with Gasteiger partial charge in [-0.1, -0.05) is 271 Å². The number of esters is 1. The third-order valence-electron chi connectivity index (χ3n) is 11.0.